The van der Waals surface area contributed by atoms with E-state index in [1.807, 2.05) is 13.8 Å². The van der Waals surface area contributed by atoms with E-state index in [1.54, 1.807) is 47.3 Å². The zero-order chi connectivity index (χ0) is 15.4. The van der Waals surface area contributed by atoms with Gasteiger partial charge in [-0.25, -0.2) is 4.79 Å². The number of benzene rings is 1. The van der Waals surface area contributed by atoms with Gasteiger partial charge in [0.25, 0.3) is 5.91 Å². The molecule has 21 heavy (non-hydrogen) atoms. The van der Waals surface area contributed by atoms with Gasteiger partial charge in [0.15, 0.2) is 6.04 Å². The molecule has 2 rings (SSSR count). The summed E-state index contributed by atoms with van der Waals surface area (Å²) in [5, 5.41) is 15.9. The molecule has 1 aromatic heterocycles. The van der Waals surface area contributed by atoms with Crippen molar-refractivity contribution in [1.82, 2.24) is 15.1 Å². The van der Waals surface area contributed by atoms with Gasteiger partial charge in [-0.2, -0.15) is 5.10 Å². The van der Waals surface area contributed by atoms with Gasteiger partial charge in [0, 0.05) is 12.2 Å². The summed E-state index contributed by atoms with van der Waals surface area (Å²) in [6, 6.07) is 9.17. The molecule has 0 spiro atoms. The molecule has 1 unspecified atom stereocenters. The van der Waals surface area contributed by atoms with Crippen LogP contribution in [0.3, 0.4) is 0 Å². The van der Waals surface area contributed by atoms with E-state index in [1.165, 1.54) is 0 Å². The van der Waals surface area contributed by atoms with Crippen molar-refractivity contribution in [3.05, 3.63) is 53.9 Å². The highest BCUT2D eigenvalue weighted by molar-refractivity contribution is 5.95. The predicted octanol–water partition coefficient (Wildman–Crippen LogP) is 2.02. The second kappa shape index (κ2) is 6.21. The molecule has 1 amide bonds. The van der Waals surface area contributed by atoms with Crippen molar-refractivity contribution in [1.29, 1.82) is 0 Å². The smallest absolute Gasteiger partial charge is 0.330 e. The maximum absolute atomic E-state index is 12.1. The fraction of sp³-hybridized carbons (Fsp3) is 0.267. The molecule has 1 aromatic carbocycles. The van der Waals surface area contributed by atoms with Crippen LogP contribution in [0.1, 0.15) is 42.0 Å². The minimum Gasteiger partial charge on any atom is -0.479 e. The number of rotatable bonds is 5. The first kappa shape index (κ1) is 14.8. The Kier molecular flexibility index (Phi) is 4.37. The molecular weight excluding hydrogens is 270 g/mol. The minimum absolute atomic E-state index is 0.135. The molecule has 6 nitrogen and oxygen atoms in total. The lowest BCUT2D eigenvalue weighted by Crippen LogP contribution is -2.34. The van der Waals surface area contributed by atoms with Crippen LogP contribution in [-0.4, -0.2) is 26.8 Å². The Balaban J connectivity index is 2.17. The second-order valence-electron chi connectivity index (χ2n) is 4.93. The van der Waals surface area contributed by atoms with Crippen molar-refractivity contribution in [2.75, 3.05) is 0 Å². The van der Waals surface area contributed by atoms with Crippen molar-refractivity contribution in [3.8, 4) is 0 Å². The highest BCUT2D eigenvalue weighted by Crippen LogP contribution is 2.14. The lowest BCUT2D eigenvalue weighted by Gasteiger charge is -2.14. The Hall–Kier alpha value is -2.63. The Labute approximate surface area is 122 Å². The third kappa shape index (κ3) is 3.47. The second-order valence-corrected chi connectivity index (χ2v) is 4.93. The first-order valence-corrected chi connectivity index (χ1v) is 6.63. The molecule has 2 N–H and O–H groups in total. The van der Waals surface area contributed by atoms with Crippen LogP contribution in [0.15, 0.2) is 42.6 Å². The van der Waals surface area contributed by atoms with Crippen LogP contribution in [0.5, 0.6) is 0 Å². The quantitative estimate of drug-likeness (QED) is 0.881. The minimum atomic E-state index is -1.11. The largest absolute Gasteiger partial charge is 0.479 e. The number of hydrogen-bond donors (Lipinski definition) is 2. The van der Waals surface area contributed by atoms with Crippen molar-refractivity contribution >= 4 is 11.9 Å². The number of carboxylic acid groups (broad SMARTS) is 1. The normalized spacial score (nSPS) is 12.1. The molecule has 0 saturated carbocycles. The number of amides is 1. The van der Waals surface area contributed by atoms with E-state index in [-0.39, 0.29) is 11.7 Å². The fourth-order valence-corrected chi connectivity index (χ4v) is 1.88. The summed E-state index contributed by atoms with van der Waals surface area (Å²) < 4.78 is 1.65. The maximum Gasteiger partial charge on any atom is 0.330 e. The monoisotopic (exact) mass is 287 g/mol. The average Bonchev–Trinajstić information content (AvgIpc) is 2.95. The Morgan fingerprint density at radius 3 is 2.38 bits per heavy atom. The van der Waals surface area contributed by atoms with Crippen molar-refractivity contribution in [2.45, 2.75) is 25.9 Å². The van der Waals surface area contributed by atoms with Crippen LogP contribution in [0.4, 0.5) is 0 Å². The van der Waals surface area contributed by atoms with Crippen LogP contribution < -0.4 is 5.32 Å². The summed E-state index contributed by atoms with van der Waals surface area (Å²) in [5.41, 5.74) is 0.715. The standard InChI is InChI=1S/C15H17N3O3/c1-10(2)18-9-8-12(17-18)14(19)16-13(15(20)21)11-6-4-3-5-7-11/h3-10,13H,1-2H3,(H,16,19)(H,20,21). The number of nitrogens with one attached hydrogen (secondary N) is 1. The molecule has 0 aliphatic carbocycles. The Bertz CT molecular complexity index is 635. The number of aliphatic carboxylic acids is 1. The molecule has 1 heterocycles. The SMILES string of the molecule is CC(C)n1ccc(C(=O)NC(C(=O)O)c2ccccc2)n1. The molecule has 6 heteroatoms. The van der Waals surface area contributed by atoms with Gasteiger partial charge in [-0.1, -0.05) is 30.3 Å². The Morgan fingerprint density at radius 2 is 1.86 bits per heavy atom. The molecule has 0 bridgehead atoms. The lowest BCUT2D eigenvalue weighted by atomic mass is 10.1. The molecule has 1 atom stereocenters. The van der Waals surface area contributed by atoms with Gasteiger partial charge in [0.05, 0.1) is 0 Å². The van der Waals surface area contributed by atoms with E-state index in [2.05, 4.69) is 10.4 Å². The van der Waals surface area contributed by atoms with Crippen LogP contribution in [-0.2, 0) is 4.79 Å². The number of carbonyl (C=O) groups excluding carboxylic acids is 1. The van der Waals surface area contributed by atoms with Gasteiger partial charge in [0.1, 0.15) is 5.69 Å². The summed E-state index contributed by atoms with van der Waals surface area (Å²) in [6.45, 7) is 3.89. The molecule has 0 saturated heterocycles. The van der Waals surface area contributed by atoms with E-state index in [9.17, 15) is 14.7 Å². The molecule has 0 aliphatic heterocycles. The highest BCUT2D eigenvalue weighted by Gasteiger charge is 2.23. The summed E-state index contributed by atoms with van der Waals surface area (Å²) in [4.78, 5) is 23.5. The summed E-state index contributed by atoms with van der Waals surface area (Å²) in [5.74, 6) is -1.62. The number of nitrogens with zero attached hydrogens (tertiary/aromatic N) is 2. The average molecular weight is 287 g/mol. The van der Waals surface area contributed by atoms with Crippen LogP contribution >= 0.6 is 0 Å². The third-order valence-corrected chi connectivity index (χ3v) is 3.03. The lowest BCUT2D eigenvalue weighted by molar-refractivity contribution is -0.139. The first-order chi connectivity index (χ1) is 9.99. The van der Waals surface area contributed by atoms with E-state index in [0.717, 1.165) is 0 Å². The number of hydrogen-bond acceptors (Lipinski definition) is 3. The van der Waals surface area contributed by atoms with Crippen molar-refractivity contribution in [3.63, 3.8) is 0 Å². The van der Waals surface area contributed by atoms with Gasteiger partial charge in [0.2, 0.25) is 0 Å². The van der Waals surface area contributed by atoms with Crippen molar-refractivity contribution in [2.24, 2.45) is 0 Å². The fourth-order valence-electron chi connectivity index (χ4n) is 1.88. The van der Waals surface area contributed by atoms with Gasteiger partial charge >= 0.3 is 5.97 Å². The molecule has 2 aromatic rings. The predicted molar refractivity (Wildman–Crippen MR) is 76.9 cm³/mol. The molecular formula is C15H17N3O3. The number of carbonyl (C=O) groups is 2. The van der Waals surface area contributed by atoms with E-state index < -0.39 is 17.9 Å². The van der Waals surface area contributed by atoms with Gasteiger partial charge < -0.3 is 10.4 Å². The number of aromatic nitrogens is 2. The van der Waals surface area contributed by atoms with Crippen LogP contribution in [0.2, 0.25) is 0 Å². The molecule has 110 valence electrons. The Morgan fingerprint density at radius 1 is 1.19 bits per heavy atom. The van der Waals surface area contributed by atoms with Gasteiger partial charge in [-0.15, -0.1) is 0 Å². The van der Waals surface area contributed by atoms with Crippen LogP contribution in [0, 0.1) is 0 Å². The van der Waals surface area contributed by atoms with E-state index in [0.29, 0.717) is 5.56 Å². The molecule has 0 fully saturated rings. The van der Waals surface area contributed by atoms with Crippen molar-refractivity contribution < 1.29 is 14.7 Å². The first-order valence-electron chi connectivity index (χ1n) is 6.63. The topological polar surface area (TPSA) is 84.2 Å². The van der Waals surface area contributed by atoms with E-state index >= 15 is 0 Å². The number of carboxylic acids is 1. The summed E-state index contributed by atoms with van der Waals surface area (Å²) in [6.07, 6.45) is 1.69. The maximum atomic E-state index is 12.1. The highest BCUT2D eigenvalue weighted by atomic mass is 16.4. The zero-order valence-electron chi connectivity index (χ0n) is 11.9. The molecule has 0 radical (unpaired) electrons. The van der Waals surface area contributed by atoms with Crippen LogP contribution in [0.25, 0.3) is 0 Å². The molecule has 0 aliphatic rings. The van der Waals surface area contributed by atoms with E-state index in [4.69, 9.17) is 0 Å². The summed E-state index contributed by atoms with van der Waals surface area (Å²) in [7, 11) is 0. The van der Waals surface area contributed by atoms with Gasteiger partial charge in [-0.3, -0.25) is 9.48 Å². The summed E-state index contributed by atoms with van der Waals surface area (Å²) >= 11 is 0. The van der Waals surface area contributed by atoms with Gasteiger partial charge in [-0.05, 0) is 25.5 Å². The zero-order valence-corrected chi connectivity index (χ0v) is 11.9. The third-order valence-electron chi connectivity index (χ3n) is 3.03.